The molecule has 0 radical (unpaired) electrons. The summed E-state index contributed by atoms with van der Waals surface area (Å²) in [6, 6.07) is 14.0. The predicted molar refractivity (Wildman–Crippen MR) is 98.0 cm³/mol. The van der Waals surface area contributed by atoms with Crippen molar-refractivity contribution in [2.45, 2.75) is 26.8 Å². The van der Waals surface area contributed by atoms with E-state index in [1.165, 1.54) is 11.1 Å². The first-order chi connectivity index (χ1) is 12.1. The molecule has 132 valence electrons. The summed E-state index contributed by atoms with van der Waals surface area (Å²) in [5.41, 5.74) is 3.44. The predicted octanol–water partition coefficient (Wildman–Crippen LogP) is 3.60. The molecule has 0 N–H and O–H groups in total. The second-order valence-corrected chi connectivity index (χ2v) is 6.46. The summed E-state index contributed by atoms with van der Waals surface area (Å²) in [6.45, 7) is 5.87. The molecule has 1 heterocycles. The Bertz CT molecular complexity index is 757. The summed E-state index contributed by atoms with van der Waals surface area (Å²) < 4.78 is 11.1. The number of methoxy groups -OCH3 is 1. The number of carbonyl (C=O) groups excluding carboxylic acids is 1. The minimum Gasteiger partial charge on any atom is -0.497 e. The maximum Gasteiger partial charge on any atom is 0.229 e. The molecular formula is C21H25NO3. The van der Waals surface area contributed by atoms with Crippen molar-refractivity contribution in [2.24, 2.45) is 5.92 Å². The van der Waals surface area contributed by atoms with Crippen molar-refractivity contribution < 1.29 is 14.3 Å². The van der Waals surface area contributed by atoms with E-state index in [0.717, 1.165) is 17.1 Å². The molecule has 1 atom stereocenters. The molecule has 1 unspecified atom stereocenters. The van der Waals surface area contributed by atoms with Gasteiger partial charge in [-0.15, -0.1) is 0 Å². The van der Waals surface area contributed by atoms with Gasteiger partial charge in [0.2, 0.25) is 5.91 Å². The molecule has 4 nitrogen and oxygen atoms in total. The van der Waals surface area contributed by atoms with Crippen LogP contribution in [0.3, 0.4) is 0 Å². The molecule has 1 aliphatic heterocycles. The van der Waals surface area contributed by atoms with Crippen molar-refractivity contribution in [2.75, 3.05) is 20.3 Å². The Labute approximate surface area is 149 Å². The molecule has 2 aromatic rings. The third kappa shape index (κ3) is 3.78. The van der Waals surface area contributed by atoms with E-state index in [0.29, 0.717) is 26.1 Å². The summed E-state index contributed by atoms with van der Waals surface area (Å²) in [5, 5.41) is 0. The van der Waals surface area contributed by atoms with Crippen LogP contribution in [-0.2, 0) is 17.8 Å². The number of benzene rings is 2. The molecular weight excluding hydrogens is 314 g/mol. The van der Waals surface area contributed by atoms with E-state index in [9.17, 15) is 4.79 Å². The van der Waals surface area contributed by atoms with E-state index in [2.05, 4.69) is 19.1 Å². The Morgan fingerprint density at radius 1 is 1.28 bits per heavy atom. The number of aryl methyl sites for hydroxylation is 1. The molecule has 0 saturated heterocycles. The Kier molecular flexibility index (Phi) is 5.27. The first kappa shape index (κ1) is 17.3. The van der Waals surface area contributed by atoms with Crippen LogP contribution in [0.2, 0.25) is 0 Å². The van der Waals surface area contributed by atoms with Gasteiger partial charge in [0.1, 0.15) is 18.1 Å². The highest BCUT2D eigenvalue weighted by atomic mass is 16.5. The topological polar surface area (TPSA) is 38.8 Å². The Hall–Kier alpha value is -2.49. The minimum atomic E-state index is -0.149. The summed E-state index contributed by atoms with van der Waals surface area (Å²) in [4.78, 5) is 14.9. The lowest BCUT2D eigenvalue weighted by Crippen LogP contribution is -2.40. The first-order valence-corrected chi connectivity index (χ1v) is 8.75. The number of amides is 1. The highest BCUT2D eigenvalue weighted by Gasteiger charge is 2.29. The van der Waals surface area contributed by atoms with E-state index in [-0.39, 0.29) is 11.8 Å². The lowest BCUT2D eigenvalue weighted by molar-refractivity contribution is -0.137. The fraction of sp³-hybridized carbons (Fsp3) is 0.381. The van der Waals surface area contributed by atoms with Crippen molar-refractivity contribution in [3.63, 3.8) is 0 Å². The Balaban J connectivity index is 1.74. The molecule has 4 heteroatoms. The Morgan fingerprint density at radius 2 is 2.08 bits per heavy atom. The average Bonchev–Trinajstić information content (AvgIpc) is 2.66. The zero-order valence-corrected chi connectivity index (χ0v) is 15.1. The zero-order valence-electron chi connectivity index (χ0n) is 15.1. The van der Waals surface area contributed by atoms with E-state index in [4.69, 9.17) is 9.47 Å². The van der Waals surface area contributed by atoms with Crippen LogP contribution in [0.5, 0.6) is 11.5 Å². The SMILES string of the molecule is CCN(Cc1ccccc1C)C(=O)C1COc2ccc(OC)cc2C1. The molecule has 1 amide bonds. The number of rotatable bonds is 5. The van der Waals surface area contributed by atoms with Crippen LogP contribution in [0.15, 0.2) is 42.5 Å². The number of hydrogen-bond donors (Lipinski definition) is 0. The number of carbonyl (C=O) groups is 1. The van der Waals surface area contributed by atoms with Gasteiger partial charge < -0.3 is 14.4 Å². The maximum absolute atomic E-state index is 13.0. The summed E-state index contributed by atoms with van der Waals surface area (Å²) in [7, 11) is 1.65. The van der Waals surface area contributed by atoms with Crippen LogP contribution in [0.4, 0.5) is 0 Å². The largest absolute Gasteiger partial charge is 0.497 e. The third-order valence-electron chi connectivity index (χ3n) is 4.84. The lowest BCUT2D eigenvalue weighted by atomic mass is 9.95. The van der Waals surface area contributed by atoms with E-state index in [1.807, 2.05) is 42.2 Å². The Morgan fingerprint density at radius 3 is 2.80 bits per heavy atom. The minimum absolute atomic E-state index is 0.149. The summed E-state index contributed by atoms with van der Waals surface area (Å²) in [5.74, 6) is 1.65. The van der Waals surface area contributed by atoms with Crippen LogP contribution >= 0.6 is 0 Å². The van der Waals surface area contributed by atoms with Crippen LogP contribution < -0.4 is 9.47 Å². The standard InChI is InChI=1S/C21H25NO3/c1-4-22(13-16-8-6-5-7-15(16)2)21(23)18-11-17-12-19(24-3)9-10-20(17)25-14-18/h5-10,12,18H,4,11,13-14H2,1-3H3. The van der Waals surface area contributed by atoms with Crippen LogP contribution in [0.25, 0.3) is 0 Å². The van der Waals surface area contributed by atoms with Gasteiger partial charge in [-0.3, -0.25) is 4.79 Å². The van der Waals surface area contributed by atoms with Crippen molar-refractivity contribution >= 4 is 5.91 Å². The van der Waals surface area contributed by atoms with Crippen LogP contribution in [-0.4, -0.2) is 31.1 Å². The highest BCUT2D eigenvalue weighted by Crippen LogP contribution is 2.31. The lowest BCUT2D eigenvalue weighted by Gasteiger charge is -2.30. The van der Waals surface area contributed by atoms with Crippen LogP contribution in [0.1, 0.15) is 23.6 Å². The molecule has 2 aromatic carbocycles. The van der Waals surface area contributed by atoms with E-state index in [1.54, 1.807) is 7.11 Å². The molecule has 25 heavy (non-hydrogen) atoms. The number of fused-ring (bicyclic) bond motifs is 1. The van der Waals surface area contributed by atoms with Crippen LogP contribution in [0, 0.1) is 12.8 Å². The normalized spacial score (nSPS) is 15.9. The van der Waals surface area contributed by atoms with Crippen molar-refractivity contribution in [1.29, 1.82) is 0 Å². The van der Waals surface area contributed by atoms with Gasteiger partial charge >= 0.3 is 0 Å². The van der Waals surface area contributed by atoms with E-state index < -0.39 is 0 Å². The van der Waals surface area contributed by atoms with Gasteiger partial charge in [0.15, 0.2) is 0 Å². The molecule has 0 aromatic heterocycles. The maximum atomic E-state index is 13.0. The van der Waals surface area contributed by atoms with Gasteiger partial charge in [-0.25, -0.2) is 0 Å². The summed E-state index contributed by atoms with van der Waals surface area (Å²) >= 11 is 0. The number of ether oxygens (including phenoxy) is 2. The first-order valence-electron chi connectivity index (χ1n) is 8.75. The van der Waals surface area contributed by atoms with Crippen molar-refractivity contribution in [1.82, 2.24) is 4.90 Å². The van der Waals surface area contributed by atoms with E-state index >= 15 is 0 Å². The van der Waals surface area contributed by atoms with Gasteiger partial charge in [-0.2, -0.15) is 0 Å². The third-order valence-corrected chi connectivity index (χ3v) is 4.84. The second-order valence-electron chi connectivity index (χ2n) is 6.46. The molecule has 0 bridgehead atoms. The van der Waals surface area contributed by atoms with Gasteiger partial charge in [0, 0.05) is 13.1 Å². The van der Waals surface area contributed by atoms with Crippen molar-refractivity contribution in [3.8, 4) is 11.5 Å². The fourth-order valence-corrected chi connectivity index (χ4v) is 3.25. The van der Waals surface area contributed by atoms with Gasteiger partial charge in [0.25, 0.3) is 0 Å². The molecule has 0 saturated carbocycles. The van der Waals surface area contributed by atoms with Gasteiger partial charge in [-0.1, -0.05) is 24.3 Å². The molecule has 1 aliphatic rings. The average molecular weight is 339 g/mol. The van der Waals surface area contributed by atoms with Gasteiger partial charge in [-0.05, 0) is 55.2 Å². The quantitative estimate of drug-likeness (QED) is 0.835. The smallest absolute Gasteiger partial charge is 0.229 e. The van der Waals surface area contributed by atoms with Gasteiger partial charge in [0.05, 0.1) is 13.0 Å². The molecule has 0 spiro atoms. The fourth-order valence-electron chi connectivity index (χ4n) is 3.25. The zero-order chi connectivity index (χ0) is 17.8. The second kappa shape index (κ2) is 7.60. The molecule has 0 aliphatic carbocycles. The van der Waals surface area contributed by atoms with Crippen molar-refractivity contribution in [3.05, 3.63) is 59.2 Å². The number of hydrogen-bond acceptors (Lipinski definition) is 3. The number of nitrogens with zero attached hydrogens (tertiary/aromatic N) is 1. The molecule has 3 rings (SSSR count). The highest BCUT2D eigenvalue weighted by molar-refractivity contribution is 5.80. The molecule has 0 fully saturated rings. The monoisotopic (exact) mass is 339 g/mol. The summed E-state index contributed by atoms with van der Waals surface area (Å²) in [6.07, 6.45) is 0.690.